The van der Waals surface area contributed by atoms with E-state index in [1.165, 1.54) is 14.0 Å². The third-order valence-corrected chi connectivity index (χ3v) is 12.0. The Balaban J connectivity index is 2.21. The molecule has 3 rings (SSSR count). The molecular weight excluding hydrogens is 680 g/mol. The van der Waals surface area contributed by atoms with Crippen molar-refractivity contribution in [1.29, 1.82) is 0 Å². The summed E-state index contributed by atoms with van der Waals surface area (Å²) in [5.74, 6) is -4.24. The zero-order valence-electron chi connectivity index (χ0n) is 33.4. The van der Waals surface area contributed by atoms with E-state index in [4.69, 9.17) is 28.4 Å². The standard InChI is InChI=1S/C37H68N2O13/c1-14-25-37(10,45)30(41)20(4)27(38-46)18(2)16-35(8,44)32(52-34-28(40)24(39(11)12)15-19(3)48-34)21(5)29(22(6)33(43)50-25)51-26-17-36(9,47-13)31(42)23(7)49-26/h18-26,28-32,34,40-42,44-46H,14-17H2,1-13H3/t18-,19-,20+,21+,22-,23+,24+,25-,26-,28-,29+,30-,31+,32-,34-,35-,36-,37-/m1/s1. The van der Waals surface area contributed by atoms with Crippen molar-refractivity contribution < 1.29 is 64.0 Å². The molecular formula is C37H68N2O13. The van der Waals surface area contributed by atoms with Crippen molar-refractivity contribution in [1.82, 2.24) is 4.90 Å². The van der Waals surface area contributed by atoms with E-state index in [-0.39, 0.29) is 37.1 Å². The Morgan fingerprint density at radius 1 is 0.923 bits per heavy atom. The predicted molar refractivity (Wildman–Crippen MR) is 190 cm³/mol. The molecule has 0 aromatic carbocycles. The molecule has 0 bridgehead atoms. The molecule has 0 aliphatic carbocycles. The molecule has 0 spiro atoms. The van der Waals surface area contributed by atoms with Gasteiger partial charge in [0.1, 0.15) is 23.9 Å². The third kappa shape index (κ3) is 9.47. The van der Waals surface area contributed by atoms with Gasteiger partial charge in [-0.15, -0.1) is 0 Å². The van der Waals surface area contributed by atoms with Crippen LogP contribution in [-0.4, -0.2) is 153 Å². The number of likely N-dealkylation sites (N-methyl/N-ethyl adjacent to an activating group) is 1. The minimum absolute atomic E-state index is 0.0657. The third-order valence-electron chi connectivity index (χ3n) is 12.0. The summed E-state index contributed by atoms with van der Waals surface area (Å²) in [6.45, 7) is 16.6. The summed E-state index contributed by atoms with van der Waals surface area (Å²) in [6, 6.07) is -0.322. The zero-order chi connectivity index (χ0) is 39.7. The van der Waals surface area contributed by atoms with E-state index in [1.807, 2.05) is 25.9 Å². The number of oxime groups is 1. The molecule has 15 heteroatoms. The number of hydrogen-bond donors (Lipinski definition) is 6. The van der Waals surface area contributed by atoms with Crippen LogP contribution in [0, 0.1) is 23.7 Å². The largest absolute Gasteiger partial charge is 0.459 e. The van der Waals surface area contributed by atoms with Gasteiger partial charge in [0.2, 0.25) is 0 Å². The number of nitrogens with zero attached hydrogens (tertiary/aromatic N) is 2. The van der Waals surface area contributed by atoms with Crippen molar-refractivity contribution in [3.63, 3.8) is 0 Å². The molecule has 3 aliphatic heterocycles. The summed E-state index contributed by atoms with van der Waals surface area (Å²) in [5.41, 5.74) is -4.68. The Bertz CT molecular complexity index is 1200. The maximum absolute atomic E-state index is 14.1. The van der Waals surface area contributed by atoms with E-state index in [1.54, 1.807) is 55.4 Å². The minimum Gasteiger partial charge on any atom is -0.459 e. The van der Waals surface area contributed by atoms with E-state index in [9.17, 15) is 35.5 Å². The number of hydrogen-bond acceptors (Lipinski definition) is 15. The van der Waals surface area contributed by atoms with Crippen molar-refractivity contribution in [2.75, 3.05) is 21.2 Å². The van der Waals surface area contributed by atoms with Gasteiger partial charge in [0.25, 0.3) is 0 Å². The summed E-state index contributed by atoms with van der Waals surface area (Å²) in [6.07, 6.45) is -9.51. The number of rotatable bonds is 7. The smallest absolute Gasteiger partial charge is 0.311 e. The first-order valence-corrected chi connectivity index (χ1v) is 18.7. The summed E-state index contributed by atoms with van der Waals surface area (Å²) in [7, 11) is 5.19. The zero-order valence-corrected chi connectivity index (χ0v) is 33.4. The van der Waals surface area contributed by atoms with Crippen molar-refractivity contribution >= 4 is 11.7 Å². The lowest BCUT2D eigenvalue weighted by Gasteiger charge is -2.49. The molecule has 0 radical (unpaired) electrons. The molecule has 6 N–H and O–H groups in total. The molecule has 0 saturated carbocycles. The molecule has 52 heavy (non-hydrogen) atoms. The number of cyclic esters (lactones) is 1. The molecule has 0 aromatic heterocycles. The van der Waals surface area contributed by atoms with Crippen LogP contribution in [0.4, 0.5) is 0 Å². The minimum atomic E-state index is -1.97. The molecule has 15 nitrogen and oxygen atoms in total. The van der Waals surface area contributed by atoms with Crippen LogP contribution in [0.1, 0.15) is 94.9 Å². The molecule has 3 saturated heterocycles. The first-order chi connectivity index (χ1) is 24.0. The van der Waals surface area contributed by atoms with Crippen LogP contribution < -0.4 is 0 Å². The summed E-state index contributed by atoms with van der Waals surface area (Å²) in [4.78, 5) is 16.0. The molecule has 3 aliphatic rings. The quantitative estimate of drug-likeness (QED) is 0.125. The van der Waals surface area contributed by atoms with Gasteiger partial charge < -0.3 is 64.1 Å². The molecule has 0 aromatic rings. The van der Waals surface area contributed by atoms with Gasteiger partial charge in [-0.25, -0.2) is 0 Å². The number of carbonyl (C=O) groups excluding carboxylic acids is 1. The second-order valence-corrected chi connectivity index (χ2v) is 16.6. The van der Waals surface area contributed by atoms with Crippen molar-refractivity contribution in [3.8, 4) is 0 Å². The van der Waals surface area contributed by atoms with Gasteiger partial charge in [0.15, 0.2) is 12.6 Å². The molecule has 0 unspecified atom stereocenters. The first kappa shape index (κ1) is 44.9. The van der Waals surface area contributed by atoms with Crippen molar-refractivity contribution in [2.24, 2.45) is 28.8 Å². The highest BCUT2D eigenvalue weighted by Crippen LogP contribution is 2.41. The lowest BCUT2D eigenvalue weighted by atomic mass is 9.73. The number of methoxy groups -OCH3 is 1. The SMILES string of the molecule is CC[C@H]1OC(=O)[C@H](C)[C@@H](O[C@@H]2C[C@@](C)(OC)[C@@H](O)[C@H](C)O2)[C@H](C)[C@@H](O[C@H]2O[C@H](C)C[C@H](N(C)C)[C@H]2O)[C@](C)(O)C[C@@H](C)C(=NO)[C@H](C)[C@@H](O)[C@]1(C)O. The summed E-state index contributed by atoms with van der Waals surface area (Å²) < 4.78 is 37.2. The van der Waals surface area contributed by atoms with E-state index >= 15 is 0 Å². The highest BCUT2D eigenvalue weighted by atomic mass is 16.7. The van der Waals surface area contributed by atoms with Gasteiger partial charge in [-0.2, -0.15) is 0 Å². The average molecular weight is 749 g/mol. The maximum atomic E-state index is 14.1. The van der Waals surface area contributed by atoms with E-state index in [2.05, 4.69) is 5.16 Å². The normalized spacial score (nSPS) is 49.8. The topological polar surface area (TPSA) is 209 Å². The number of aliphatic hydroxyl groups excluding tert-OH is 3. The monoisotopic (exact) mass is 748 g/mol. The van der Waals surface area contributed by atoms with E-state index in [0.29, 0.717) is 6.42 Å². The number of ether oxygens (including phenoxy) is 6. The van der Waals surface area contributed by atoms with Crippen LogP contribution in [0.2, 0.25) is 0 Å². The van der Waals surface area contributed by atoms with Crippen LogP contribution >= 0.6 is 0 Å². The van der Waals surface area contributed by atoms with Gasteiger partial charge in [-0.1, -0.05) is 32.9 Å². The van der Waals surface area contributed by atoms with Crippen molar-refractivity contribution in [2.45, 2.75) is 179 Å². The number of carbonyl (C=O) groups is 1. The Morgan fingerprint density at radius 3 is 2.08 bits per heavy atom. The van der Waals surface area contributed by atoms with E-state index < -0.39 is 102 Å². The maximum Gasteiger partial charge on any atom is 0.311 e. The van der Waals surface area contributed by atoms with Crippen LogP contribution in [0.5, 0.6) is 0 Å². The Morgan fingerprint density at radius 2 is 1.54 bits per heavy atom. The van der Waals surface area contributed by atoms with Gasteiger partial charge in [0, 0.05) is 37.3 Å². The molecule has 3 heterocycles. The average Bonchev–Trinajstić information content (AvgIpc) is 3.06. The fraction of sp³-hybridized carbons (Fsp3) is 0.946. The Kier molecular flexibility index (Phi) is 15.1. The lowest BCUT2D eigenvalue weighted by Crippen LogP contribution is -2.61. The fourth-order valence-corrected chi connectivity index (χ4v) is 8.61. The highest BCUT2D eigenvalue weighted by molar-refractivity contribution is 5.88. The van der Waals surface area contributed by atoms with Gasteiger partial charge in [-0.05, 0) is 74.9 Å². The molecule has 304 valence electrons. The molecule has 0 amide bonds. The Labute approximate surface area is 309 Å². The summed E-state index contributed by atoms with van der Waals surface area (Å²) in [5, 5.41) is 71.8. The molecule has 3 fully saturated rings. The van der Waals surface area contributed by atoms with Crippen LogP contribution in [0.3, 0.4) is 0 Å². The number of esters is 1. The summed E-state index contributed by atoms with van der Waals surface area (Å²) >= 11 is 0. The predicted octanol–water partition coefficient (Wildman–Crippen LogP) is 2.05. The van der Waals surface area contributed by atoms with Crippen molar-refractivity contribution in [3.05, 3.63) is 0 Å². The highest BCUT2D eigenvalue weighted by Gasteiger charge is 2.53. The van der Waals surface area contributed by atoms with Gasteiger partial charge >= 0.3 is 5.97 Å². The second-order valence-electron chi connectivity index (χ2n) is 16.6. The Hall–Kier alpha value is -1.50. The second kappa shape index (κ2) is 17.5. The molecule has 18 atom stereocenters. The van der Waals surface area contributed by atoms with Crippen LogP contribution in [0.25, 0.3) is 0 Å². The number of aliphatic hydroxyl groups is 5. The van der Waals surface area contributed by atoms with Gasteiger partial charge in [-0.3, -0.25) is 4.79 Å². The van der Waals surface area contributed by atoms with E-state index in [0.717, 1.165) is 0 Å². The fourth-order valence-electron chi connectivity index (χ4n) is 8.61. The van der Waals surface area contributed by atoms with Crippen LogP contribution in [0.15, 0.2) is 5.16 Å². The first-order valence-electron chi connectivity index (χ1n) is 18.7. The van der Waals surface area contributed by atoms with Gasteiger partial charge in [0.05, 0.1) is 53.4 Å². The van der Waals surface area contributed by atoms with Crippen LogP contribution in [-0.2, 0) is 33.2 Å². The lowest BCUT2D eigenvalue weighted by molar-refractivity contribution is -0.317.